The van der Waals surface area contributed by atoms with Gasteiger partial charge in [-0.05, 0) is 31.0 Å². The number of pyridine rings is 1. The Morgan fingerprint density at radius 2 is 1.87 bits per heavy atom. The summed E-state index contributed by atoms with van der Waals surface area (Å²) in [6.45, 7) is 1.34. The number of alkyl halides is 3. The first-order valence-corrected chi connectivity index (χ1v) is 7.32. The fourth-order valence-corrected chi connectivity index (χ4v) is 2.55. The summed E-state index contributed by atoms with van der Waals surface area (Å²) in [6.07, 6.45) is -2.51. The maximum Gasteiger partial charge on any atom is 0.433 e. The topological polar surface area (TPSA) is 42.4 Å². The highest BCUT2D eigenvalue weighted by molar-refractivity contribution is 5.81. The van der Waals surface area contributed by atoms with Gasteiger partial charge in [0.25, 0.3) is 5.91 Å². The van der Waals surface area contributed by atoms with E-state index in [-0.39, 0.29) is 18.0 Å². The Morgan fingerprint density at radius 3 is 2.57 bits per heavy atom. The zero-order valence-corrected chi connectivity index (χ0v) is 12.3. The number of ether oxygens (including phenoxy) is 1. The van der Waals surface area contributed by atoms with Crippen LogP contribution in [0.1, 0.15) is 18.5 Å². The van der Waals surface area contributed by atoms with Gasteiger partial charge in [0.1, 0.15) is 11.4 Å². The molecule has 1 aromatic carbocycles. The number of likely N-dealkylation sites (tertiary alicyclic amines) is 1. The summed E-state index contributed by atoms with van der Waals surface area (Å²) in [4.78, 5) is 17.2. The summed E-state index contributed by atoms with van der Waals surface area (Å²) in [5, 5.41) is 0.580. The summed E-state index contributed by atoms with van der Waals surface area (Å²) < 4.78 is 43.5. The van der Waals surface area contributed by atoms with Gasteiger partial charge < -0.3 is 9.64 Å². The summed E-state index contributed by atoms with van der Waals surface area (Å²) in [5.74, 6) is 0.219. The van der Waals surface area contributed by atoms with Crippen LogP contribution >= 0.6 is 0 Å². The van der Waals surface area contributed by atoms with Gasteiger partial charge >= 0.3 is 6.18 Å². The van der Waals surface area contributed by atoms with Gasteiger partial charge in [0.05, 0.1) is 5.52 Å². The van der Waals surface area contributed by atoms with Gasteiger partial charge in [-0.25, -0.2) is 4.98 Å². The molecule has 23 heavy (non-hydrogen) atoms. The van der Waals surface area contributed by atoms with E-state index >= 15 is 0 Å². The molecule has 7 heteroatoms. The number of halogens is 3. The SMILES string of the molecule is O=C(COc1ccc2ccc(C(F)(F)F)nc2c1)N1CCCC1. The first kappa shape index (κ1) is 15.6. The van der Waals surface area contributed by atoms with Gasteiger partial charge in [0.2, 0.25) is 0 Å². The van der Waals surface area contributed by atoms with Crippen LogP contribution in [0.4, 0.5) is 13.2 Å². The molecule has 4 nitrogen and oxygen atoms in total. The van der Waals surface area contributed by atoms with Crippen LogP contribution in [0.2, 0.25) is 0 Å². The molecule has 122 valence electrons. The van der Waals surface area contributed by atoms with Crippen LogP contribution in [0, 0.1) is 0 Å². The Hall–Kier alpha value is -2.31. The molecule has 1 aliphatic heterocycles. The molecule has 0 atom stereocenters. The van der Waals surface area contributed by atoms with Crippen molar-refractivity contribution in [1.82, 2.24) is 9.88 Å². The van der Waals surface area contributed by atoms with Crippen molar-refractivity contribution in [2.45, 2.75) is 19.0 Å². The maximum atomic E-state index is 12.7. The molecular formula is C16H15F3N2O2. The number of hydrogen-bond acceptors (Lipinski definition) is 3. The van der Waals surface area contributed by atoms with E-state index in [0.717, 1.165) is 32.0 Å². The highest BCUT2D eigenvalue weighted by atomic mass is 19.4. The Labute approximate surface area is 130 Å². The summed E-state index contributed by atoms with van der Waals surface area (Å²) in [6, 6.07) is 6.97. The van der Waals surface area contributed by atoms with Crippen molar-refractivity contribution in [3.05, 3.63) is 36.0 Å². The number of hydrogen-bond donors (Lipinski definition) is 0. The van der Waals surface area contributed by atoms with Crippen molar-refractivity contribution < 1.29 is 22.7 Å². The van der Waals surface area contributed by atoms with E-state index in [0.29, 0.717) is 11.1 Å². The van der Waals surface area contributed by atoms with Crippen LogP contribution in [0.3, 0.4) is 0 Å². The minimum Gasteiger partial charge on any atom is -0.484 e. The third-order valence-corrected chi connectivity index (χ3v) is 3.78. The first-order valence-electron chi connectivity index (χ1n) is 7.32. The largest absolute Gasteiger partial charge is 0.484 e. The molecule has 1 aromatic heterocycles. The average Bonchev–Trinajstić information content (AvgIpc) is 3.05. The predicted molar refractivity (Wildman–Crippen MR) is 78.1 cm³/mol. The van der Waals surface area contributed by atoms with Crippen molar-refractivity contribution in [2.24, 2.45) is 0 Å². The number of carbonyl (C=O) groups is 1. The number of benzene rings is 1. The lowest BCUT2D eigenvalue weighted by atomic mass is 10.2. The second-order valence-electron chi connectivity index (χ2n) is 5.43. The summed E-state index contributed by atoms with van der Waals surface area (Å²) in [7, 11) is 0. The molecule has 2 aromatic rings. The Balaban J connectivity index is 1.74. The lowest BCUT2D eigenvalue weighted by Crippen LogP contribution is -2.32. The molecular weight excluding hydrogens is 309 g/mol. The Bertz CT molecular complexity index is 725. The van der Waals surface area contributed by atoms with E-state index < -0.39 is 11.9 Å². The smallest absolute Gasteiger partial charge is 0.433 e. The second kappa shape index (κ2) is 6.06. The van der Waals surface area contributed by atoms with E-state index in [1.807, 2.05) is 0 Å². The van der Waals surface area contributed by atoms with Gasteiger partial charge in [0.15, 0.2) is 6.61 Å². The second-order valence-corrected chi connectivity index (χ2v) is 5.43. The predicted octanol–water partition coefficient (Wildman–Crippen LogP) is 3.25. The molecule has 0 spiro atoms. The lowest BCUT2D eigenvalue weighted by Gasteiger charge is -2.15. The van der Waals surface area contributed by atoms with E-state index in [4.69, 9.17) is 4.74 Å². The van der Waals surface area contributed by atoms with Crippen molar-refractivity contribution in [2.75, 3.05) is 19.7 Å². The third kappa shape index (κ3) is 3.55. The Kier molecular flexibility index (Phi) is 4.11. The number of nitrogens with zero attached hydrogens (tertiary/aromatic N) is 2. The highest BCUT2D eigenvalue weighted by Crippen LogP contribution is 2.29. The quantitative estimate of drug-likeness (QED) is 0.870. The molecule has 1 aliphatic rings. The monoisotopic (exact) mass is 324 g/mol. The molecule has 2 heterocycles. The fraction of sp³-hybridized carbons (Fsp3) is 0.375. The zero-order valence-electron chi connectivity index (χ0n) is 12.3. The lowest BCUT2D eigenvalue weighted by molar-refractivity contribution is -0.141. The van der Waals surface area contributed by atoms with Crippen LogP contribution in [0.15, 0.2) is 30.3 Å². The number of aromatic nitrogens is 1. The normalized spacial score (nSPS) is 15.2. The zero-order chi connectivity index (χ0) is 16.4. The van der Waals surface area contributed by atoms with Gasteiger partial charge in [-0.15, -0.1) is 0 Å². The van der Waals surface area contributed by atoms with Gasteiger partial charge in [-0.1, -0.05) is 6.07 Å². The van der Waals surface area contributed by atoms with Crippen LogP contribution < -0.4 is 4.74 Å². The molecule has 1 saturated heterocycles. The minimum atomic E-state index is -4.49. The molecule has 1 amide bonds. The van der Waals surface area contributed by atoms with Gasteiger partial charge in [0, 0.05) is 24.5 Å². The standard InChI is InChI=1S/C16H15F3N2O2/c17-16(18,19)14-6-4-11-3-5-12(9-13(11)20-14)23-10-15(22)21-7-1-2-8-21/h3-6,9H,1-2,7-8,10H2. The molecule has 3 rings (SSSR count). The summed E-state index contributed by atoms with van der Waals surface area (Å²) in [5.41, 5.74) is -0.763. The van der Waals surface area contributed by atoms with Gasteiger partial charge in [-0.2, -0.15) is 13.2 Å². The van der Waals surface area contributed by atoms with Crippen LogP contribution in [0.25, 0.3) is 10.9 Å². The molecule has 0 aliphatic carbocycles. The van der Waals surface area contributed by atoms with Crippen molar-refractivity contribution in [1.29, 1.82) is 0 Å². The van der Waals surface area contributed by atoms with Crippen molar-refractivity contribution >= 4 is 16.8 Å². The van der Waals surface area contributed by atoms with E-state index in [9.17, 15) is 18.0 Å². The maximum absolute atomic E-state index is 12.7. The molecule has 0 N–H and O–H groups in total. The van der Waals surface area contributed by atoms with Crippen LogP contribution in [-0.4, -0.2) is 35.5 Å². The minimum absolute atomic E-state index is 0.111. The van der Waals surface area contributed by atoms with Crippen molar-refractivity contribution in [3.8, 4) is 5.75 Å². The highest BCUT2D eigenvalue weighted by Gasteiger charge is 2.32. The first-order chi connectivity index (χ1) is 10.9. The van der Waals surface area contributed by atoms with Gasteiger partial charge in [-0.3, -0.25) is 4.79 Å². The van der Waals surface area contributed by atoms with E-state index in [1.165, 1.54) is 12.1 Å². The fourth-order valence-electron chi connectivity index (χ4n) is 2.55. The Morgan fingerprint density at radius 1 is 1.17 bits per heavy atom. The van der Waals surface area contributed by atoms with Crippen molar-refractivity contribution in [3.63, 3.8) is 0 Å². The molecule has 0 saturated carbocycles. The molecule has 1 fully saturated rings. The number of fused-ring (bicyclic) bond motifs is 1. The average molecular weight is 324 g/mol. The molecule has 0 radical (unpaired) electrons. The summed E-state index contributed by atoms with van der Waals surface area (Å²) >= 11 is 0. The number of amides is 1. The van der Waals surface area contributed by atoms with Crippen LogP contribution in [-0.2, 0) is 11.0 Å². The van der Waals surface area contributed by atoms with E-state index in [1.54, 1.807) is 17.0 Å². The molecule has 0 bridgehead atoms. The number of rotatable bonds is 3. The molecule has 0 unspecified atom stereocenters. The van der Waals surface area contributed by atoms with Crippen LogP contribution in [0.5, 0.6) is 5.75 Å². The third-order valence-electron chi connectivity index (χ3n) is 3.78. The number of carbonyl (C=O) groups excluding carboxylic acids is 1. The van der Waals surface area contributed by atoms with E-state index in [2.05, 4.69) is 4.98 Å².